The molecule has 1 aromatic rings. The van der Waals surface area contributed by atoms with E-state index in [1.807, 2.05) is 0 Å². The van der Waals surface area contributed by atoms with E-state index in [0.29, 0.717) is 22.7 Å². The molecule has 1 atom stereocenters. The van der Waals surface area contributed by atoms with Gasteiger partial charge in [-0.3, -0.25) is 9.59 Å². The van der Waals surface area contributed by atoms with Gasteiger partial charge in [0, 0.05) is 13.1 Å². The number of benzene rings is 1. The van der Waals surface area contributed by atoms with Gasteiger partial charge in [0.1, 0.15) is 0 Å². The number of nitrogens with zero attached hydrogens (tertiary/aromatic N) is 1. The molecule has 0 spiro atoms. The molecule has 138 valence electrons. The maximum absolute atomic E-state index is 12.2. The van der Waals surface area contributed by atoms with Gasteiger partial charge in [-0.2, -0.15) is 0 Å². The Labute approximate surface area is 155 Å². The molecule has 1 aliphatic carbocycles. The first-order valence-corrected chi connectivity index (χ1v) is 9.37. The van der Waals surface area contributed by atoms with Crippen molar-refractivity contribution in [3.05, 3.63) is 29.3 Å². The Balaban J connectivity index is 1.73. The van der Waals surface area contributed by atoms with Crippen LogP contribution in [-0.4, -0.2) is 42.9 Å². The molecule has 0 saturated heterocycles. The van der Waals surface area contributed by atoms with Crippen molar-refractivity contribution in [1.29, 1.82) is 0 Å². The third kappa shape index (κ3) is 6.33. The standard InChI is InChI=1S/C19H28ClN3O2/c1-14(15-8-4-3-5-9-15)21-12-19(25)23(2)13-18(24)22-17-11-7-6-10-16(17)20/h6-7,10-11,14-15,21H,3-5,8-9,12-13H2,1-2H3,(H,22,24). The molecule has 1 saturated carbocycles. The zero-order chi connectivity index (χ0) is 18.2. The molecule has 0 radical (unpaired) electrons. The minimum absolute atomic E-state index is 0.00352. The Kier molecular flexibility index (Phi) is 7.72. The van der Waals surface area contributed by atoms with Gasteiger partial charge >= 0.3 is 0 Å². The zero-order valence-corrected chi connectivity index (χ0v) is 15.8. The Morgan fingerprint density at radius 2 is 1.92 bits per heavy atom. The summed E-state index contributed by atoms with van der Waals surface area (Å²) in [6, 6.07) is 7.37. The molecule has 1 aliphatic rings. The number of halogens is 1. The van der Waals surface area contributed by atoms with E-state index in [1.54, 1.807) is 31.3 Å². The molecule has 0 aromatic heterocycles. The number of hydrogen-bond acceptors (Lipinski definition) is 3. The van der Waals surface area contributed by atoms with Crippen molar-refractivity contribution < 1.29 is 9.59 Å². The molecule has 5 nitrogen and oxygen atoms in total. The van der Waals surface area contributed by atoms with Gasteiger partial charge in [0.05, 0.1) is 23.8 Å². The highest BCUT2D eigenvalue weighted by Crippen LogP contribution is 2.26. The summed E-state index contributed by atoms with van der Waals surface area (Å²) in [5, 5.41) is 6.53. The van der Waals surface area contributed by atoms with Crippen molar-refractivity contribution in [2.24, 2.45) is 5.92 Å². The molecule has 1 aromatic carbocycles. The Morgan fingerprint density at radius 1 is 1.24 bits per heavy atom. The van der Waals surface area contributed by atoms with E-state index in [2.05, 4.69) is 17.6 Å². The summed E-state index contributed by atoms with van der Waals surface area (Å²) in [6.45, 7) is 2.41. The maximum atomic E-state index is 12.2. The lowest BCUT2D eigenvalue weighted by molar-refractivity contribution is -0.132. The average Bonchev–Trinajstić information content (AvgIpc) is 2.62. The first-order chi connectivity index (χ1) is 12.0. The van der Waals surface area contributed by atoms with E-state index in [1.165, 1.54) is 37.0 Å². The highest BCUT2D eigenvalue weighted by atomic mass is 35.5. The minimum Gasteiger partial charge on any atom is -0.335 e. The summed E-state index contributed by atoms with van der Waals surface area (Å²) < 4.78 is 0. The summed E-state index contributed by atoms with van der Waals surface area (Å²) in [5.41, 5.74) is 0.555. The van der Waals surface area contributed by atoms with Crippen molar-refractivity contribution in [3.8, 4) is 0 Å². The van der Waals surface area contributed by atoms with Crippen LogP contribution >= 0.6 is 11.6 Å². The van der Waals surface area contributed by atoms with Gasteiger partial charge < -0.3 is 15.5 Å². The van der Waals surface area contributed by atoms with Crippen LogP contribution in [0.15, 0.2) is 24.3 Å². The van der Waals surface area contributed by atoms with Crippen LogP contribution in [0.4, 0.5) is 5.69 Å². The van der Waals surface area contributed by atoms with Gasteiger partial charge in [0.25, 0.3) is 0 Å². The number of likely N-dealkylation sites (N-methyl/N-ethyl adjacent to an activating group) is 1. The fourth-order valence-corrected chi connectivity index (χ4v) is 3.42. The second-order valence-electron chi connectivity index (χ2n) is 6.85. The summed E-state index contributed by atoms with van der Waals surface area (Å²) >= 11 is 6.02. The summed E-state index contributed by atoms with van der Waals surface area (Å²) in [5.74, 6) is 0.302. The van der Waals surface area contributed by atoms with Crippen LogP contribution < -0.4 is 10.6 Å². The summed E-state index contributed by atoms with van der Waals surface area (Å²) in [7, 11) is 1.64. The van der Waals surface area contributed by atoms with Gasteiger partial charge in [-0.25, -0.2) is 0 Å². The average molecular weight is 366 g/mol. The van der Waals surface area contributed by atoms with Crippen molar-refractivity contribution >= 4 is 29.1 Å². The van der Waals surface area contributed by atoms with Crippen LogP contribution in [0.1, 0.15) is 39.0 Å². The van der Waals surface area contributed by atoms with Crippen LogP contribution in [0, 0.1) is 5.92 Å². The normalized spacial score (nSPS) is 16.3. The lowest BCUT2D eigenvalue weighted by atomic mass is 9.84. The molecule has 2 N–H and O–H groups in total. The predicted octanol–water partition coefficient (Wildman–Crippen LogP) is 3.30. The van der Waals surface area contributed by atoms with Gasteiger partial charge in [-0.05, 0) is 37.8 Å². The number of para-hydroxylation sites is 1. The van der Waals surface area contributed by atoms with Crippen molar-refractivity contribution in [2.45, 2.75) is 45.1 Å². The number of amides is 2. The fraction of sp³-hybridized carbons (Fsp3) is 0.579. The first-order valence-electron chi connectivity index (χ1n) is 8.99. The zero-order valence-electron chi connectivity index (χ0n) is 15.1. The fourth-order valence-electron chi connectivity index (χ4n) is 3.24. The third-order valence-electron chi connectivity index (χ3n) is 4.89. The SMILES string of the molecule is CC(NCC(=O)N(C)CC(=O)Nc1ccccc1Cl)C1CCCCC1. The molecule has 2 rings (SSSR count). The Bertz CT molecular complexity index is 588. The smallest absolute Gasteiger partial charge is 0.244 e. The van der Waals surface area contributed by atoms with E-state index in [0.717, 1.165) is 0 Å². The van der Waals surface area contributed by atoms with Crippen LogP contribution in [0.25, 0.3) is 0 Å². The lowest BCUT2D eigenvalue weighted by Gasteiger charge is -2.28. The van der Waals surface area contributed by atoms with E-state index in [4.69, 9.17) is 11.6 Å². The molecule has 0 heterocycles. The molecule has 1 fully saturated rings. The van der Waals surface area contributed by atoms with Gasteiger partial charge in [0.2, 0.25) is 11.8 Å². The van der Waals surface area contributed by atoms with E-state index in [9.17, 15) is 9.59 Å². The largest absolute Gasteiger partial charge is 0.335 e. The quantitative estimate of drug-likeness (QED) is 0.779. The van der Waals surface area contributed by atoms with E-state index >= 15 is 0 Å². The number of rotatable bonds is 7. The van der Waals surface area contributed by atoms with Crippen LogP contribution in [-0.2, 0) is 9.59 Å². The second kappa shape index (κ2) is 9.78. The molecule has 25 heavy (non-hydrogen) atoms. The highest BCUT2D eigenvalue weighted by molar-refractivity contribution is 6.33. The number of carbonyl (C=O) groups is 2. The number of anilines is 1. The molecular weight excluding hydrogens is 338 g/mol. The summed E-state index contributed by atoms with van der Waals surface area (Å²) in [4.78, 5) is 25.8. The van der Waals surface area contributed by atoms with Crippen LogP contribution in [0.5, 0.6) is 0 Å². The lowest BCUT2D eigenvalue weighted by Crippen LogP contribution is -2.44. The van der Waals surface area contributed by atoms with Crippen LogP contribution in [0.3, 0.4) is 0 Å². The minimum atomic E-state index is -0.260. The molecule has 2 amide bonds. The number of hydrogen-bond donors (Lipinski definition) is 2. The molecule has 0 aliphatic heterocycles. The Hall–Kier alpha value is -1.59. The highest BCUT2D eigenvalue weighted by Gasteiger charge is 2.21. The maximum Gasteiger partial charge on any atom is 0.244 e. The Morgan fingerprint density at radius 3 is 2.60 bits per heavy atom. The van der Waals surface area contributed by atoms with Crippen molar-refractivity contribution in [2.75, 3.05) is 25.5 Å². The predicted molar refractivity (Wildman–Crippen MR) is 102 cm³/mol. The van der Waals surface area contributed by atoms with Gasteiger partial charge in [0.15, 0.2) is 0 Å². The van der Waals surface area contributed by atoms with Crippen LogP contribution in [0.2, 0.25) is 5.02 Å². The van der Waals surface area contributed by atoms with Crippen molar-refractivity contribution in [1.82, 2.24) is 10.2 Å². The van der Waals surface area contributed by atoms with Gasteiger partial charge in [-0.15, -0.1) is 0 Å². The monoisotopic (exact) mass is 365 g/mol. The van der Waals surface area contributed by atoms with Crippen molar-refractivity contribution in [3.63, 3.8) is 0 Å². The second-order valence-corrected chi connectivity index (χ2v) is 7.25. The molecule has 1 unspecified atom stereocenters. The third-order valence-corrected chi connectivity index (χ3v) is 5.22. The molecule has 0 bridgehead atoms. The van der Waals surface area contributed by atoms with E-state index in [-0.39, 0.29) is 24.9 Å². The van der Waals surface area contributed by atoms with Gasteiger partial charge in [-0.1, -0.05) is 43.0 Å². The topological polar surface area (TPSA) is 61.4 Å². The van der Waals surface area contributed by atoms with E-state index < -0.39 is 0 Å². The molecular formula is C19H28ClN3O2. The number of nitrogens with one attached hydrogen (secondary N) is 2. The first kappa shape index (κ1) is 19.7. The summed E-state index contributed by atoms with van der Waals surface area (Å²) in [6.07, 6.45) is 6.36. The number of carbonyl (C=O) groups excluding carboxylic acids is 2. The molecule has 6 heteroatoms.